The van der Waals surface area contributed by atoms with Crippen LogP contribution in [0.3, 0.4) is 0 Å². The average Bonchev–Trinajstić information content (AvgIpc) is 3.11. The molecule has 0 spiro atoms. The third kappa shape index (κ3) is 10.7. The molecule has 1 aliphatic heterocycles. The van der Waals surface area contributed by atoms with E-state index < -0.39 is 36.5 Å². The molecule has 1 heterocycles. The number of nitrogens with one attached hydrogen (secondary N) is 2. The lowest BCUT2D eigenvalue weighted by Crippen LogP contribution is -2.51. The number of aliphatic hydroxyl groups excluding tert-OH is 2. The molecule has 0 bridgehead atoms. The molecule has 1 saturated heterocycles. The number of aliphatic hydroxyl groups is 2. The number of nitrogens with zero attached hydrogens (tertiary/aromatic N) is 2. The summed E-state index contributed by atoms with van der Waals surface area (Å²) in [5.74, 6) is 0. The number of hydrogen-bond donors (Lipinski definition) is 4. The monoisotopic (exact) mass is 612 g/mol. The fourth-order valence-electron chi connectivity index (χ4n) is 5.66. The van der Waals surface area contributed by atoms with E-state index in [1.807, 2.05) is 60.7 Å². The number of hydrogen-bond acceptors (Lipinski definition) is 7. The van der Waals surface area contributed by atoms with E-state index >= 15 is 0 Å². The number of carbonyl (C=O) groups is 3. The first-order valence-electron chi connectivity index (χ1n) is 15.5. The van der Waals surface area contributed by atoms with Gasteiger partial charge in [0.2, 0.25) is 0 Å². The van der Waals surface area contributed by atoms with Crippen molar-refractivity contribution in [2.45, 2.75) is 75.7 Å². The number of amides is 4. The first-order chi connectivity index (χ1) is 21.3. The number of rotatable bonds is 16. The van der Waals surface area contributed by atoms with Crippen LogP contribution in [0.25, 0.3) is 0 Å². The standard InChI is InChI=1S/C33H48N4O7/c1-43-31(40)34-19-11-5-13-21-36-27(23-25-15-7-3-8-16-25)29(38)30(39)28(24-26-17-9-4-10-18-26)37(33(36)42)22-14-6-12-20-35-32(41)44-2/h3-4,7-10,15-18,27-30,38-39H,5-6,11-14,19-24H2,1-2H3,(H,34,40)(H,35,41)/t27-,28-,29+,30+/m1/s1. The summed E-state index contributed by atoms with van der Waals surface area (Å²) in [6.45, 7) is 1.73. The van der Waals surface area contributed by atoms with Crippen LogP contribution < -0.4 is 10.6 Å². The summed E-state index contributed by atoms with van der Waals surface area (Å²) in [5, 5.41) is 28.7. The van der Waals surface area contributed by atoms with Crippen LogP contribution in [0.15, 0.2) is 60.7 Å². The van der Waals surface area contributed by atoms with Crippen molar-refractivity contribution in [1.29, 1.82) is 0 Å². The van der Waals surface area contributed by atoms with E-state index in [4.69, 9.17) is 0 Å². The molecule has 0 aliphatic carbocycles. The zero-order valence-electron chi connectivity index (χ0n) is 25.9. The first-order valence-corrected chi connectivity index (χ1v) is 15.5. The number of alkyl carbamates (subject to hydrolysis) is 2. The highest BCUT2D eigenvalue weighted by Gasteiger charge is 2.45. The van der Waals surface area contributed by atoms with Crippen LogP contribution in [0, 0.1) is 0 Å². The highest BCUT2D eigenvalue weighted by molar-refractivity contribution is 5.76. The van der Waals surface area contributed by atoms with E-state index in [-0.39, 0.29) is 6.03 Å². The van der Waals surface area contributed by atoms with E-state index in [0.717, 1.165) is 24.0 Å². The minimum Gasteiger partial charge on any atom is -0.453 e. The van der Waals surface area contributed by atoms with E-state index in [9.17, 15) is 24.6 Å². The second kappa shape index (κ2) is 18.7. The van der Waals surface area contributed by atoms with E-state index in [0.29, 0.717) is 64.7 Å². The van der Waals surface area contributed by atoms with E-state index in [1.165, 1.54) is 14.2 Å². The van der Waals surface area contributed by atoms with Crippen LogP contribution in [0.4, 0.5) is 14.4 Å². The average molecular weight is 613 g/mol. The van der Waals surface area contributed by atoms with Gasteiger partial charge in [0.25, 0.3) is 0 Å². The van der Waals surface area contributed by atoms with Gasteiger partial charge in [-0.2, -0.15) is 0 Å². The molecule has 242 valence electrons. The summed E-state index contributed by atoms with van der Waals surface area (Å²) in [7, 11) is 2.64. The summed E-state index contributed by atoms with van der Waals surface area (Å²) >= 11 is 0. The van der Waals surface area contributed by atoms with Crippen LogP contribution in [0.5, 0.6) is 0 Å². The Morgan fingerprint density at radius 1 is 0.659 bits per heavy atom. The summed E-state index contributed by atoms with van der Waals surface area (Å²) in [6, 6.07) is 18.0. The molecule has 0 unspecified atom stereocenters. The van der Waals surface area contributed by atoms with Gasteiger partial charge in [-0.25, -0.2) is 14.4 Å². The van der Waals surface area contributed by atoms with Crippen molar-refractivity contribution in [2.24, 2.45) is 0 Å². The Balaban J connectivity index is 1.81. The molecule has 44 heavy (non-hydrogen) atoms. The van der Waals surface area contributed by atoms with Crippen molar-refractivity contribution in [2.75, 3.05) is 40.4 Å². The summed E-state index contributed by atoms with van der Waals surface area (Å²) in [6.07, 6.45) is 1.79. The maximum absolute atomic E-state index is 14.4. The number of benzene rings is 2. The topological polar surface area (TPSA) is 141 Å². The molecule has 4 atom stereocenters. The van der Waals surface area contributed by atoms with Crippen LogP contribution >= 0.6 is 0 Å². The second-order valence-electron chi connectivity index (χ2n) is 11.1. The lowest BCUT2D eigenvalue weighted by atomic mass is 9.91. The largest absolute Gasteiger partial charge is 0.453 e. The number of urea groups is 1. The SMILES string of the molecule is COC(=O)NCCCCCN1C(=O)N(CCCCCNC(=O)OC)[C@H](Cc2ccccc2)[C@H](O)[C@@H](O)[C@H]1Cc1ccccc1. The van der Waals surface area contributed by atoms with Crippen molar-refractivity contribution < 1.29 is 34.1 Å². The summed E-state index contributed by atoms with van der Waals surface area (Å²) < 4.78 is 9.24. The molecule has 11 nitrogen and oxygen atoms in total. The van der Waals surface area contributed by atoms with Gasteiger partial charge in [-0.15, -0.1) is 0 Å². The van der Waals surface area contributed by atoms with Crippen LogP contribution in [-0.2, 0) is 22.3 Å². The zero-order valence-corrected chi connectivity index (χ0v) is 25.9. The maximum atomic E-state index is 14.4. The Hall–Kier alpha value is -3.83. The molecular formula is C33H48N4O7. The fourth-order valence-corrected chi connectivity index (χ4v) is 5.66. The minimum atomic E-state index is -1.16. The third-order valence-corrected chi connectivity index (χ3v) is 8.07. The number of carbonyl (C=O) groups excluding carboxylic acids is 3. The summed E-state index contributed by atoms with van der Waals surface area (Å²) in [5.41, 5.74) is 1.94. The molecule has 0 aromatic heterocycles. The fraction of sp³-hybridized carbons (Fsp3) is 0.545. The number of methoxy groups -OCH3 is 2. The molecule has 0 radical (unpaired) electrons. The van der Waals surface area contributed by atoms with Gasteiger partial charge in [0.05, 0.1) is 26.3 Å². The highest BCUT2D eigenvalue weighted by Crippen LogP contribution is 2.28. The van der Waals surface area contributed by atoms with Gasteiger partial charge in [0, 0.05) is 26.2 Å². The van der Waals surface area contributed by atoms with Crippen molar-refractivity contribution >= 4 is 18.2 Å². The van der Waals surface area contributed by atoms with Gasteiger partial charge in [0.15, 0.2) is 0 Å². The second-order valence-corrected chi connectivity index (χ2v) is 11.1. The Morgan fingerprint density at radius 3 is 1.41 bits per heavy atom. The third-order valence-electron chi connectivity index (χ3n) is 8.07. The molecule has 1 fully saturated rings. The van der Waals surface area contributed by atoms with Crippen LogP contribution in [-0.4, -0.2) is 103 Å². The van der Waals surface area contributed by atoms with Gasteiger partial charge in [-0.05, 0) is 62.5 Å². The Morgan fingerprint density at radius 2 is 1.05 bits per heavy atom. The molecular weight excluding hydrogens is 564 g/mol. The Kier molecular flexibility index (Phi) is 14.8. The van der Waals surface area contributed by atoms with Gasteiger partial charge < -0.3 is 40.1 Å². The minimum absolute atomic E-state index is 0.206. The van der Waals surface area contributed by atoms with Gasteiger partial charge in [-0.3, -0.25) is 0 Å². The lowest BCUT2D eigenvalue weighted by molar-refractivity contribution is -0.0396. The predicted molar refractivity (Wildman–Crippen MR) is 167 cm³/mol. The van der Waals surface area contributed by atoms with Gasteiger partial charge in [0.1, 0.15) is 12.2 Å². The van der Waals surface area contributed by atoms with Crippen molar-refractivity contribution in [3.05, 3.63) is 71.8 Å². The van der Waals surface area contributed by atoms with Crippen molar-refractivity contribution in [3.8, 4) is 0 Å². The van der Waals surface area contributed by atoms with Crippen molar-refractivity contribution in [1.82, 2.24) is 20.4 Å². The van der Waals surface area contributed by atoms with Crippen LogP contribution in [0.1, 0.15) is 49.7 Å². The molecule has 11 heteroatoms. The Bertz CT molecular complexity index is 1050. The first kappa shape index (κ1) is 34.7. The molecule has 4 amide bonds. The van der Waals surface area contributed by atoms with Gasteiger partial charge in [-0.1, -0.05) is 60.7 Å². The van der Waals surface area contributed by atoms with Gasteiger partial charge >= 0.3 is 18.2 Å². The van der Waals surface area contributed by atoms with Crippen LogP contribution in [0.2, 0.25) is 0 Å². The van der Waals surface area contributed by atoms with E-state index in [1.54, 1.807) is 9.80 Å². The summed E-state index contributed by atoms with van der Waals surface area (Å²) in [4.78, 5) is 40.6. The quantitative estimate of drug-likeness (QED) is 0.212. The van der Waals surface area contributed by atoms with Crippen molar-refractivity contribution in [3.63, 3.8) is 0 Å². The molecule has 3 rings (SSSR count). The maximum Gasteiger partial charge on any atom is 0.406 e. The number of ether oxygens (including phenoxy) is 2. The molecule has 1 aliphatic rings. The van der Waals surface area contributed by atoms with E-state index in [2.05, 4.69) is 20.1 Å². The highest BCUT2D eigenvalue weighted by atomic mass is 16.5. The molecule has 2 aromatic rings. The molecule has 0 saturated carbocycles. The number of unbranched alkanes of at least 4 members (excludes halogenated alkanes) is 4. The molecule has 4 N–H and O–H groups in total. The lowest BCUT2D eigenvalue weighted by Gasteiger charge is -2.36. The normalized spacial score (nSPS) is 20.1. The molecule has 2 aromatic carbocycles. The zero-order chi connectivity index (χ0) is 31.7. The smallest absolute Gasteiger partial charge is 0.406 e. The Labute approximate surface area is 260 Å². The predicted octanol–water partition coefficient (Wildman–Crippen LogP) is 3.72.